The van der Waals surface area contributed by atoms with Crippen LogP contribution in [0.15, 0.2) is 29.2 Å². The molecule has 0 bridgehead atoms. The Hall–Kier alpha value is -2.10. The van der Waals surface area contributed by atoms with Gasteiger partial charge in [-0.15, -0.1) is 0 Å². The normalized spacial score (nSPS) is 19.3. The predicted octanol–water partition coefficient (Wildman–Crippen LogP) is 1.70. The molecular weight excluding hydrogens is 279 g/mol. The fourth-order valence-corrected chi connectivity index (χ4v) is 2.49. The second-order valence-corrected chi connectivity index (χ2v) is 6.54. The molecule has 3 rings (SSSR count). The smallest absolute Gasteiger partial charge is 0.399 e. The highest BCUT2D eigenvalue weighted by molar-refractivity contribution is 6.62. The molecule has 0 amide bonds. The van der Waals surface area contributed by atoms with Gasteiger partial charge < -0.3 is 14.3 Å². The van der Waals surface area contributed by atoms with Gasteiger partial charge in [-0.1, -0.05) is 12.1 Å². The summed E-state index contributed by atoms with van der Waals surface area (Å²) in [5.41, 5.74) is 0.146. The zero-order valence-corrected chi connectivity index (χ0v) is 13.1. The van der Waals surface area contributed by atoms with Crippen molar-refractivity contribution in [2.24, 2.45) is 0 Å². The Morgan fingerprint density at radius 2 is 1.77 bits per heavy atom. The predicted molar refractivity (Wildman–Crippen MR) is 85.0 cm³/mol. The molecule has 1 fully saturated rings. The van der Waals surface area contributed by atoms with Gasteiger partial charge in [-0.3, -0.25) is 4.79 Å². The molecule has 1 aromatic carbocycles. The van der Waals surface area contributed by atoms with Gasteiger partial charge in [0.05, 0.1) is 16.8 Å². The summed E-state index contributed by atoms with van der Waals surface area (Å²) in [6, 6.07) is 7.40. The number of hydrogen-bond donors (Lipinski definition) is 1. The highest BCUT2D eigenvalue weighted by atomic mass is 16.7. The Morgan fingerprint density at radius 3 is 2.36 bits per heavy atom. The van der Waals surface area contributed by atoms with Crippen LogP contribution >= 0.6 is 0 Å². The molecule has 1 aliphatic rings. The highest BCUT2D eigenvalue weighted by Gasteiger charge is 2.51. The summed E-state index contributed by atoms with van der Waals surface area (Å²) in [7, 11) is -0.514. The molecule has 1 N–H and O–H groups in total. The third-order valence-electron chi connectivity index (χ3n) is 4.57. The summed E-state index contributed by atoms with van der Waals surface area (Å²) in [4.78, 5) is 14.4. The van der Waals surface area contributed by atoms with Gasteiger partial charge in [0.25, 0.3) is 5.56 Å². The SMILES string of the molecule is CC1(C)OB(c2ccc3c(=O)[nH]cc(C#N)c3c2)OC1(C)C. The molecule has 0 radical (unpaired) electrons. The van der Waals surface area contributed by atoms with E-state index >= 15 is 0 Å². The number of nitrogens with one attached hydrogen (secondary N) is 1. The van der Waals surface area contributed by atoms with Crippen molar-refractivity contribution in [1.82, 2.24) is 4.98 Å². The Labute approximate surface area is 129 Å². The molecule has 0 atom stereocenters. The van der Waals surface area contributed by atoms with Crippen molar-refractivity contribution in [3.05, 3.63) is 40.3 Å². The van der Waals surface area contributed by atoms with E-state index in [-0.39, 0.29) is 5.56 Å². The number of pyridine rings is 1. The number of nitriles is 1. The van der Waals surface area contributed by atoms with E-state index < -0.39 is 18.3 Å². The van der Waals surface area contributed by atoms with Gasteiger partial charge in [0.2, 0.25) is 0 Å². The maximum absolute atomic E-state index is 11.9. The zero-order chi connectivity index (χ0) is 16.1. The number of aromatic amines is 1. The first-order valence-electron chi connectivity index (χ1n) is 7.16. The van der Waals surface area contributed by atoms with Crippen LogP contribution in [0.25, 0.3) is 10.8 Å². The lowest BCUT2D eigenvalue weighted by Crippen LogP contribution is -2.41. The van der Waals surface area contributed by atoms with E-state index in [1.807, 2.05) is 27.7 Å². The quantitative estimate of drug-likeness (QED) is 0.813. The fourth-order valence-electron chi connectivity index (χ4n) is 2.49. The van der Waals surface area contributed by atoms with Crippen molar-refractivity contribution >= 4 is 23.4 Å². The lowest BCUT2D eigenvalue weighted by atomic mass is 9.78. The Kier molecular flexibility index (Phi) is 3.17. The van der Waals surface area contributed by atoms with Gasteiger partial charge in [0, 0.05) is 17.0 Å². The van der Waals surface area contributed by atoms with E-state index in [9.17, 15) is 10.1 Å². The average Bonchev–Trinajstić information content (AvgIpc) is 2.68. The minimum Gasteiger partial charge on any atom is -0.399 e. The number of hydrogen-bond acceptors (Lipinski definition) is 4. The van der Waals surface area contributed by atoms with Crippen molar-refractivity contribution in [1.29, 1.82) is 5.26 Å². The minimum atomic E-state index is -0.514. The molecule has 5 nitrogen and oxygen atoms in total. The monoisotopic (exact) mass is 296 g/mol. The van der Waals surface area contributed by atoms with Gasteiger partial charge in [0.15, 0.2) is 0 Å². The molecule has 6 heteroatoms. The van der Waals surface area contributed by atoms with E-state index in [0.29, 0.717) is 16.3 Å². The zero-order valence-electron chi connectivity index (χ0n) is 13.1. The summed E-state index contributed by atoms with van der Waals surface area (Å²) >= 11 is 0. The van der Waals surface area contributed by atoms with Crippen LogP contribution in [0.5, 0.6) is 0 Å². The number of rotatable bonds is 1. The standard InChI is InChI=1S/C16H17BN2O3/c1-15(2)16(3,4)22-17(21-15)11-5-6-12-13(7-11)10(8-18)9-19-14(12)20/h5-7,9H,1-4H3,(H,19,20). The molecule has 0 saturated carbocycles. The summed E-state index contributed by atoms with van der Waals surface area (Å²) in [6.45, 7) is 7.94. The molecular formula is C16H17BN2O3. The average molecular weight is 296 g/mol. The van der Waals surface area contributed by atoms with E-state index in [1.54, 1.807) is 18.2 Å². The number of aromatic nitrogens is 1. The molecule has 2 aromatic rings. The van der Waals surface area contributed by atoms with Crippen LogP contribution in [0.1, 0.15) is 33.3 Å². The van der Waals surface area contributed by atoms with Crippen molar-refractivity contribution < 1.29 is 9.31 Å². The van der Waals surface area contributed by atoms with Crippen molar-refractivity contribution in [3.63, 3.8) is 0 Å². The number of benzene rings is 1. The van der Waals surface area contributed by atoms with Crippen LogP contribution in [-0.2, 0) is 9.31 Å². The first kappa shape index (κ1) is 14.8. The van der Waals surface area contributed by atoms with Crippen LogP contribution in [0, 0.1) is 11.3 Å². The molecule has 1 saturated heterocycles. The summed E-state index contributed by atoms with van der Waals surface area (Å²) in [6.07, 6.45) is 1.43. The first-order chi connectivity index (χ1) is 10.2. The van der Waals surface area contributed by atoms with Crippen LogP contribution in [0.2, 0.25) is 0 Å². The summed E-state index contributed by atoms with van der Waals surface area (Å²) in [5.74, 6) is 0. The minimum absolute atomic E-state index is 0.213. The van der Waals surface area contributed by atoms with E-state index in [1.165, 1.54) is 6.20 Å². The molecule has 112 valence electrons. The summed E-state index contributed by atoms with van der Waals surface area (Å²) < 4.78 is 12.0. The number of H-pyrrole nitrogens is 1. The Morgan fingerprint density at radius 1 is 1.14 bits per heavy atom. The topological polar surface area (TPSA) is 75.1 Å². The largest absolute Gasteiger partial charge is 0.494 e. The second kappa shape index (κ2) is 4.70. The third kappa shape index (κ3) is 2.14. The van der Waals surface area contributed by atoms with Gasteiger partial charge in [-0.05, 0) is 39.2 Å². The molecule has 2 heterocycles. The maximum atomic E-state index is 11.9. The van der Waals surface area contributed by atoms with Crippen molar-refractivity contribution in [2.45, 2.75) is 38.9 Å². The molecule has 22 heavy (non-hydrogen) atoms. The van der Waals surface area contributed by atoms with Gasteiger partial charge >= 0.3 is 7.12 Å². The van der Waals surface area contributed by atoms with E-state index in [4.69, 9.17) is 9.31 Å². The van der Waals surface area contributed by atoms with Crippen LogP contribution in [-0.4, -0.2) is 23.3 Å². The molecule has 0 unspecified atom stereocenters. The van der Waals surface area contributed by atoms with Crippen LogP contribution in [0.3, 0.4) is 0 Å². The highest BCUT2D eigenvalue weighted by Crippen LogP contribution is 2.36. The third-order valence-corrected chi connectivity index (χ3v) is 4.57. The molecule has 1 aromatic heterocycles. The maximum Gasteiger partial charge on any atom is 0.494 e. The second-order valence-electron chi connectivity index (χ2n) is 6.54. The fraction of sp³-hybridized carbons (Fsp3) is 0.375. The van der Waals surface area contributed by atoms with Crippen molar-refractivity contribution in [2.75, 3.05) is 0 Å². The number of nitrogens with zero attached hydrogens (tertiary/aromatic N) is 1. The Bertz CT molecular complexity index is 833. The molecule has 1 aliphatic heterocycles. The van der Waals surface area contributed by atoms with Gasteiger partial charge in [0.1, 0.15) is 6.07 Å². The lowest BCUT2D eigenvalue weighted by Gasteiger charge is -2.32. The van der Waals surface area contributed by atoms with Crippen LogP contribution < -0.4 is 11.0 Å². The van der Waals surface area contributed by atoms with Crippen LogP contribution in [0.4, 0.5) is 0 Å². The summed E-state index contributed by atoms with van der Waals surface area (Å²) in [5, 5.41) is 10.3. The van der Waals surface area contributed by atoms with E-state index in [0.717, 1.165) is 5.46 Å². The molecule has 0 aliphatic carbocycles. The lowest BCUT2D eigenvalue weighted by molar-refractivity contribution is 0.00578. The van der Waals surface area contributed by atoms with Gasteiger partial charge in [-0.25, -0.2) is 0 Å². The van der Waals surface area contributed by atoms with Crippen molar-refractivity contribution in [3.8, 4) is 6.07 Å². The first-order valence-corrected chi connectivity index (χ1v) is 7.16. The Balaban J connectivity index is 2.11. The van der Waals surface area contributed by atoms with Gasteiger partial charge in [-0.2, -0.15) is 5.26 Å². The molecule has 0 spiro atoms. The number of fused-ring (bicyclic) bond motifs is 1. The van der Waals surface area contributed by atoms with E-state index in [2.05, 4.69) is 11.1 Å².